The summed E-state index contributed by atoms with van der Waals surface area (Å²) in [6.07, 6.45) is 1.92. The first-order chi connectivity index (χ1) is 13.0. The molecular formula is C17H13F2N3O3S2. The summed E-state index contributed by atoms with van der Waals surface area (Å²) in [7, 11) is 1.36. The van der Waals surface area contributed by atoms with Crippen LogP contribution in [0.4, 0.5) is 8.78 Å². The molecule has 0 saturated carbocycles. The fourth-order valence-corrected chi connectivity index (χ4v) is 4.36. The average Bonchev–Trinajstić information content (AvgIpc) is 3.32. The highest BCUT2D eigenvalue weighted by molar-refractivity contribution is 7.21. The molecule has 0 aliphatic carbocycles. The molecule has 3 heterocycles. The zero-order valence-corrected chi connectivity index (χ0v) is 15.6. The highest BCUT2D eigenvalue weighted by atomic mass is 32.1. The van der Waals surface area contributed by atoms with Gasteiger partial charge in [0, 0.05) is 18.1 Å². The molecule has 1 amide bonds. The lowest BCUT2D eigenvalue weighted by Crippen LogP contribution is -2.21. The number of halogens is 2. The van der Waals surface area contributed by atoms with E-state index in [2.05, 4.69) is 15.0 Å². The van der Waals surface area contributed by atoms with Crippen molar-refractivity contribution >= 4 is 43.9 Å². The number of imidazole rings is 1. The number of amides is 1. The number of thiophene rings is 1. The average molecular weight is 409 g/mol. The number of methoxy groups -OCH3 is 1. The summed E-state index contributed by atoms with van der Waals surface area (Å²) in [5.41, 5.74) is 1.60. The van der Waals surface area contributed by atoms with Crippen molar-refractivity contribution in [2.45, 2.75) is 13.2 Å². The highest BCUT2D eigenvalue weighted by Crippen LogP contribution is 2.30. The molecule has 4 rings (SSSR count). The number of benzene rings is 1. The van der Waals surface area contributed by atoms with Gasteiger partial charge in [-0.25, -0.2) is 4.98 Å². The number of hydrogen-bond acceptors (Lipinski definition) is 6. The predicted octanol–water partition coefficient (Wildman–Crippen LogP) is 4.15. The first-order valence-electron chi connectivity index (χ1n) is 7.80. The van der Waals surface area contributed by atoms with Crippen LogP contribution in [0.3, 0.4) is 0 Å². The third kappa shape index (κ3) is 3.45. The van der Waals surface area contributed by atoms with Crippen LogP contribution in [0, 0.1) is 0 Å². The summed E-state index contributed by atoms with van der Waals surface area (Å²) in [6, 6.07) is 6.34. The lowest BCUT2D eigenvalue weighted by molar-refractivity contribution is -0.0512. The van der Waals surface area contributed by atoms with E-state index in [1.807, 2.05) is 22.0 Å². The Bertz CT molecular complexity index is 1120. The van der Waals surface area contributed by atoms with Crippen LogP contribution in [0.25, 0.3) is 15.3 Å². The molecule has 0 fully saturated rings. The smallest absolute Gasteiger partial charge is 0.387 e. The molecule has 0 radical (unpaired) electrons. The molecule has 27 heavy (non-hydrogen) atoms. The minimum atomic E-state index is -2.93. The number of nitrogens with one attached hydrogen (secondary N) is 1. The molecule has 0 bridgehead atoms. The first-order valence-corrected chi connectivity index (χ1v) is 9.50. The van der Waals surface area contributed by atoms with E-state index in [1.165, 1.54) is 35.8 Å². The maximum Gasteiger partial charge on any atom is 0.387 e. The van der Waals surface area contributed by atoms with Gasteiger partial charge in [0.15, 0.2) is 16.5 Å². The summed E-state index contributed by atoms with van der Waals surface area (Å²) in [5, 5.41) is 4.75. The third-order valence-electron chi connectivity index (χ3n) is 3.86. The van der Waals surface area contributed by atoms with Crippen LogP contribution < -0.4 is 14.8 Å². The van der Waals surface area contributed by atoms with Crippen LogP contribution in [0.1, 0.15) is 15.2 Å². The predicted molar refractivity (Wildman–Crippen MR) is 99.2 cm³/mol. The van der Waals surface area contributed by atoms with Gasteiger partial charge in [0.05, 0.1) is 17.5 Å². The Morgan fingerprint density at radius 3 is 2.96 bits per heavy atom. The number of rotatable bonds is 6. The van der Waals surface area contributed by atoms with Crippen LogP contribution in [0.2, 0.25) is 0 Å². The molecule has 0 spiro atoms. The van der Waals surface area contributed by atoms with E-state index in [0.717, 1.165) is 15.3 Å². The van der Waals surface area contributed by atoms with Crippen LogP contribution in [0.15, 0.2) is 35.8 Å². The number of ether oxygens (including phenoxy) is 2. The number of thiazole rings is 1. The lowest BCUT2D eigenvalue weighted by atomic mass is 10.2. The van der Waals surface area contributed by atoms with E-state index < -0.39 is 6.61 Å². The normalized spacial score (nSPS) is 11.4. The van der Waals surface area contributed by atoms with Crippen molar-refractivity contribution in [1.82, 2.24) is 14.7 Å². The lowest BCUT2D eigenvalue weighted by Gasteiger charge is -2.11. The van der Waals surface area contributed by atoms with Gasteiger partial charge >= 0.3 is 6.61 Å². The maximum absolute atomic E-state index is 12.4. The molecule has 0 unspecified atom stereocenters. The second-order valence-corrected chi connectivity index (χ2v) is 7.42. The van der Waals surface area contributed by atoms with E-state index in [9.17, 15) is 13.6 Å². The molecule has 1 aromatic carbocycles. The van der Waals surface area contributed by atoms with Crippen LogP contribution in [-0.2, 0) is 6.54 Å². The number of fused-ring (bicyclic) bond motifs is 3. The summed E-state index contributed by atoms with van der Waals surface area (Å²) in [4.78, 5) is 19.2. The molecule has 0 aliphatic heterocycles. The van der Waals surface area contributed by atoms with Gasteiger partial charge in [0.1, 0.15) is 4.83 Å². The fourth-order valence-electron chi connectivity index (χ4n) is 2.64. The van der Waals surface area contributed by atoms with Crippen molar-refractivity contribution in [2.75, 3.05) is 7.11 Å². The summed E-state index contributed by atoms with van der Waals surface area (Å²) in [6.45, 7) is -2.71. The number of carbonyl (C=O) groups excluding carboxylic acids is 1. The molecule has 6 nitrogen and oxygen atoms in total. The van der Waals surface area contributed by atoms with Gasteiger partial charge in [0.25, 0.3) is 5.91 Å². The molecule has 140 valence electrons. The molecule has 1 N–H and O–H groups in total. The zero-order chi connectivity index (χ0) is 19.0. The van der Waals surface area contributed by atoms with Gasteiger partial charge in [-0.3, -0.25) is 9.20 Å². The first kappa shape index (κ1) is 17.7. The number of aromatic nitrogens is 2. The standard InChI is InChI=1S/C17H13F2N3O3S2/c1-24-12-6-9(2-3-11(12)25-16(18)19)8-20-14(23)13-7-10-15(27-13)21-17-22(10)4-5-26-17/h2-7,16H,8H2,1H3,(H,20,23). The van der Waals surface area contributed by atoms with E-state index >= 15 is 0 Å². The van der Waals surface area contributed by atoms with Gasteiger partial charge in [0.2, 0.25) is 0 Å². The second kappa shape index (κ2) is 7.12. The Kier molecular flexibility index (Phi) is 4.66. The van der Waals surface area contributed by atoms with E-state index in [-0.39, 0.29) is 24.0 Å². The van der Waals surface area contributed by atoms with E-state index in [4.69, 9.17) is 4.74 Å². The van der Waals surface area contributed by atoms with Gasteiger partial charge < -0.3 is 14.8 Å². The molecule has 4 aromatic rings. The Morgan fingerprint density at radius 1 is 1.33 bits per heavy atom. The Hall–Kier alpha value is -2.72. The third-order valence-corrected chi connectivity index (χ3v) is 5.63. The Balaban J connectivity index is 1.47. The van der Waals surface area contributed by atoms with Crippen molar-refractivity contribution in [3.63, 3.8) is 0 Å². The minimum Gasteiger partial charge on any atom is -0.493 e. The largest absolute Gasteiger partial charge is 0.493 e. The molecular weight excluding hydrogens is 396 g/mol. The van der Waals surface area contributed by atoms with Crippen molar-refractivity contribution in [1.29, 1.82) is 0 Å². The Labute approximate surface area is 160 Å². The van der Waals surface area contributed by atoms with Crippen molar-refractivity contribution in [3.05, 3.63) is 46.3 Å². The van der Waals surface area contributed by atoms with Crippen LogP contribution >= 0.6 is 22.7 Å². The molecule has 0 aliphatic rings. The summed E-state index contributed by atoms with van der Waals surface area (Å²) in [5.74, 6) is -0.103. The van der Waals surface area contributed by atoms with Crippen molar-refractivity contribution < 1.29 is 23.0 Å². The van der Waals surface area contributed by atoms with Gasteiger partial charge in [-0.1, -0.05) is 6.07 Å². The second-order valence-electron chi connectivity index (χ2n) is 5.51. The van der Waals surface area contributed by atoms with Crippen LogP contribution in [0.5, 0.6) is 11.5 Å². The van der Waals surface area contributed by atoms with E-state index in [0.29, 0.717) is 10.4 Å². The minimum absolute atomic E-state index is 0.0533. The van der Waals surface area contributed by atoms with Gasteiger partial charge in [-0.2, -0.15) is 8.78 Å². The maximum atomic E-state index is 12.4. The monoisotopic (exact) mass is 409 g/mol. The SMILES string of the molecule is COc1cc(CNC(=O)c2cc3c(nc4sccn43)s2)ccc1OC(F)F. The molecule has 0 saturated heterocycles. The number of alkyl halides is 2. The van der Waals surface area contributed by atoms with Crippen LogP contribution in [-0.4, -0.2) is 29.0 Å². The number of carbonyl (C=O) groups is 1. The fraction of sp³-hybridized carbons (Fsp3) is 0.176. The number of nitrogens with zero attached hydrogens (tertiary/aromatic N) is 2. The summed E-state index contributed by atoms with van der Waals surface area (Å²) >= 11 is 2.86. The van der Waals surface area contributed by atoms with Crippen molar-refractivity contribution in [2.24, 2.45) is 0 Å². The summed E-state index contributed by atoms with van der Waals surface area (Å²) < 4.78 is 36.1. The molecule has 10 heteroatoms. The highest BCUT2D eigenvalue weighted by Gasteiger charge is 2.16. The van der Waals surface area contributed by atoms with Gasteiger partial charge in [-0.05, 0) is 23.8 Å². The topological polar surface area (TPSA) is 64.9 Å². The Morgan fingerprint density at radius 2 is 2.19 bits per heavy atom. The molecule has 3 aromatic heterocycles. The number of hydrogen-bond donors (Lipinski definition) is 1. The van der Waals surface area contributed by atoms with Gasteiger partial charge in [-0.15, -0.1) is 22.7 Å². The quantitative estimate of drug-likeness (QED) is 0.520. The zero-order valence-electron chi connectivity index (χ0n) is 13.9. The van der Waals surface area contributed by atoms with Crippen molar-refractivity contribution in [3.8, 4) is 11.5 Å². The van der Waals surface area contributed by atoms with E-state index in [1.54, 1.807) is 12.1 Å². The molecule has 0 atom stereocenters.